The molecule has 0 unspecified atom stereocenters. The third-order valence-electron chi connectivity index (χ3n) is 9.83. The number of rotatable bonds is 9. The van der Waals surface area contributed by atoms with E-state index in [1.54, 1.807) is 46.4 Å². The molecule has 0 bridgehead atoms. The molecule has 3 aliphatic rings. The number of nitrogens with two attached hydrogens (primary N) is 1. The fraction of sp³-hybridized carbons (Fsp3) is 0.417. The Labute approximate surface area is 291 Å². The van der Waals surface area contributed by atoms with Crippen molar-refractivity contribution in [2.45, 2.75) is 32.8 Å². The zero-order valence-electron chi connectivity index (χ0n) is 28.7. The quantitative estimate of drug-likeness (QED) is 0.252. The number of piperazine rings is 1. The Kier molecular flexibility index (Phi) is 8.95. The van der Waals surface area contributed by atoms with Gasteiger partial charge in [0, 0.05) is 75.4 Å². The van der Waals surface area contributed by atoms with Crippen LogP contribution in [0.2, 0.25) is 0 Å². The first-order valence-electron chi connectivity index (χ1n) is 17.1. The maximum atomic E-state index is 13.9. The Bertz CT molecular complexity index is 1880. The smallest absolute Gasteiger partial charge is 0.236 e. The number of anilines is 3. The van der Waals surface area contributed by atoms with Gasteiger partial charge in [-0.25, -0.2) is 15.0 Å². The molecule has 3 N–H and O–H groups in total. The second-order valence-electron chi connectivity index (χ2n) is 13.6. The normalized spacial score (nSPS) is 19.6. The average Bonchev–Trinajstić information content (AvgIpc) is 3.83. The summed E-state index contributed by atoms with van der Waals surface area (Å²) < 4.78 is 7.31. The number of hydrogen-bond donors (Lipinski definition) is 2. The SMILES string of the molecule is CC(C)Oc1ccc(C(=N)c2nc(N3CC[C@]4(CCN(CC(=O)N5CCN(c6ccc(-c7ncn(C)n7)cc6)CC5)C4)C3=O)ccc2N)cn1. The second kappa shape index (κ2) is 13.5. The van der Waals surface area contributed by atoms with Crippen molar-refractivity contribution < 1.29 is 14.3 Å². The highest BCUT2D eigenvalue weighted by Crippen LogP contribution is 2.42. The number of nitrogens with one attached hydrogen (secondary N) is 1. The van der Waals surface area contributed by atoms with E-state index in [0.717, 1.165) is 24.3 Å². The van der Waals surface area contributed by atoms with Gasteiger partial charge in [-0.15, -0.1) is 0 Å². The number of likely N-dealkylation sites (tertiary alicyclic amines) is 1. The molecular weight excluding hydrogens is 634 g/mol. The highest BCUT2D eigenvalue weighted by atomic mass is 16.5. The number of nitrogen functional groups attached to an aromatic ring is 1. The molecule has 4 aromatic rings. The molecule has 7 rings (SSSR count). The van der Waals surface area contributed by atoms with Crippen LogP contribution < -0.4 is 20.3 Å². The lowest BCUT2D eigenvalue weighted by Crippen LogP contribution is -2.51. The monoisotopic (exact) mass is 677 g/mol. The summed E-state index contributed by atoms with van der Waals surface area (Å²) in [5, 5.41) is 13.2. The Morgan fingerprint density at radius 1 is 0.980 bits per heavy atom. The lowest BCUT2D eigenvalue weighted by atomic mass is 9.85. The number of aryl methyl sites for hydroxylation is 1. The summed E-state index contributed by atoms with van der Waals surface area (Å²) in [4.78, 5) is 48.7. The number of carbonyl (C=O) groups is 2. The summed E-state index contributed by atoms with van der Waals surface area (Å²) in [5.41, 5.74) is 9.11. The third-order valence-corrected chi connectivity index (χ3v) is 9.83. The number of benzene rings is 1. The van der Waals surface area contributed by atoms with Crippen molar-refractivity contribution >= 4 is 34.7 Å². The van der Waals surface area contributed by atoms with E-state index in [2.05, 4.69) is 37.0 Å². The average molecular weight is 678 g/mol. The Morgan fingerprint density at radius 3 is 2.42 bits per heavy atom. The third kappa shape index (κ3) is 6.62. The van der Waals surface area contributed by atoms with Crippen LogP contribution in [0.3, 0.4) is 0 Å². The summed E-state index contributed by atoms with van der Waals surface area (Å²) in [6.07, 6.45) is 4.63. The molecular formula is C36H43N11O3. The molecule has 1 spiro atoms. The summed E-state index contributed by atoms with van der Waals surface area (Å²) >= 11 is 0. The maximum absolute atomic E-state index is 13.9. The summed E-state index contributed by atoms with van der Waals surface area (Å²) in [6, 6.07) is 15.1. The van der Waals surface area contributed by atoms with Gasteiger partial charge in [0.05, 0.1) is 29.5 Å². The number of carbonyl (C=O) groups excluding carboxylic acids is 2. The highest BCUT2D eigenvalue weighted by Gasteiger charge is 2.51. The summed E-state index contributed by atoms with van der Waals surface area (Å²) in [5.74, 6) is 1.77. The molecule has 1 atom stereocenters. The van der Waals surface area contributed by atoms with Crippen molar-refractivity contribution in [2.24, 2.45) is 12.5 Å². The van der Waals surface area contributed by atoms with Crippen LogP contribution in [-0.4, -0.2) is 111 Å². The number of hydrogen-bond acceptors (Lipinski definition) is 11. The maximum Gasteiger partial charge on any atom is 0.236 e. The molecule has 3 aromatic heterocycles. The first kappa shape index (κ1) is 33.1. The van der Waals surface area contributed by atoms with Crippen LogP contribution in [0.1, 0.15) is 37.9 Å². The minimum Gasteiger partial charge on any atom is -0.475 e. The van der Waals surface area contributed by atoms with Crippen LogP contribution in [0.15, 0.2) is 61.1 Å². The van der Waals surface area contributed by atoms with Crippen molar-refractivity contribution in [2.75, 3.05) is 67.9 Å². The van der Waals surface area contributed by atoms with Gasteiger partial charge in [-0.1, -0.05) is 0 Å². The Morgan fingerprint density at radius 2 is 1.74 bits per heavy atom. The molecule has 50 heavy (non-hydrogen) atoms. The van der Waals surface area contributed by atoms with E-state index in [0.29, 0.717) is 86.6 Å². The van der Waals surface area contributed by atoms with Crippen molar-refractivity contribution in [3.8, 4) is 17.3 Å². The molecule has 1 aromatic carbocycles. The van der Waals surface area contributed by atoms with Crippen LogP contribution in [0.4, 0.5) is 17.2 Å². The van der Waals surface area contributed by atoms with E-state index in [1.165, 1.54) is 0 Å². The fourth-order valence-corrected chi connectivity index (χ4v) is 7.10. The van der Waals surface area contributed by atoms with E-state index in [-0.39, 0.29) is 23.6 Å². The van der Waals surface area contributed by atoms with Crippen molar-refractivity contribution in [3.05, 3.63) is 72.3 Å². The van der Waals surface area contributed by atoms with E-state index in [4.69, 9.17) is 20.9 Å². The van der Waals surface area contributed by atoms with Gasteiger partial charge in [0.25, 0.3) is 0 Å². The predicted molar refractivity (Wildman–Crippen MR) is 190 cm³/mol. The van der Waals surface area contributed by atoms with Crippen LogP contribution in [0.25, 0.3) is 11.4 Å². The van der Waals surface area contributed by atoms with Gasteiger partial charge < -0.3 is 20.3 Å². The molecule has 3 aliphatic heterocycles. The van der Waals surface area contributed by atoms with Gasteiger partial charge in [-0.05, 0) is 75.7 Å². The topological polar surface area (TPSA) is 163 Å². The van der Waals surface area contributed by atoms with E-state index in [9.17, 15) is 9.59 Å². The standard InChI is InChI=1S/C36H43N11O3/c1-24(2)50-30-11-6-26(20-39-30)32(38)33-28(37)9-10-29(41-33)47-15-13-36(35(47)49)12-14-44(22-36)21-31(48)46-18-16-45(17-19-46)27-7-4-25(5-8-27)34-40-23-43(3)42-34/h4-11,20,23-24,38H,12-19,21-22,37H2,1-3H3/t36-/m0/s1. The van der Waals surface area contributed by atoms with Crippen LogP contribution in [-0.2, 0) is 16.6 Å². The fourth-order valence-electron chi connectivity index (χ4n) is 7.10. The number of ether oxygens (including phenoxy) is 1. The number of pyridine rings is 2. The zero-order valence-corrected chi connectivity index (χ0v) is 28.7. The van der Waals surface area contributed by atoms with Gasteiger partial charge in [0.15, 0.2) is 5.82 Å². The summed E-state index contributed by atoms with van der Waals surface area (Å²) in [6.45, 7) is 8.73. The largest absolute Gasteiger partial charge is 0.475 e. The van der Waals surface area contributed by atoms with Crippen LogP contribution >= 0.6 is 0 Å². The molecule has 260 valence electrons. The van der Waals surface area contributed by atoms with Gasteiger partial charge >= 0.3 is 0 Å². The molecule has 3 saturated heterocycles. The van der Waals surface area contributed by atoms with Crippen LogP contribution in [0, 0.1) is 10.8 Å². The minimum absolute atomic E-state index is 0.00995. The molecule has 14 nitrogen and oxygen atoms in total. The summed E-state index contributed by atoms with van der Waals surface area (Å²) in [7, 11) is 1.85. The van der Waals surface area contributed by atoms with Crippen molar-refractivity contribution in [3.63, 3.8) is 0 Å². The van der Waals surface area contributed by atoms with Crippen molar-refractivity contribution in [1.29, 1.82) is 5.41 Å². The van der Waals surface area contributed by atoms with E-state index >= 15 is 0 Å². The molecule has 0 aliphatic carbocycles. The lowest BCUT2D eigenvalue weighted by Gasteiger charge is -2.37. The second-order valence-corrected chi connectivity index (χ2v) is 13.6. The number of nitrogens with zero attached hydrogens (tertiary/aromatic N) is 9. The van der Waals surface area contributed by atoms with E-state index < -0.39 is 5.41 Å². The lowest BCUT2D eigenvalue weighted by molar-refractivity contribution is -0.133. The zero-order chi connectivity index (χ0) is 35.0. The number of aromatic nitrogens is 5. The number of amides is 2. The molecule has 0 saturated carbocycles. The predicted octanol–water partition coefficient (Wildman–Crippen LogP) is 2.84. The van der Waals surface area contributed by atoms with Gasteiger partial charge in [0.1, 0.15) is 17.8 Å². The Hall–Kier alpha value is -5.37. The molecule has 6 heterocycles. The van der Waals surface area contributed by atoms with Gasteiger partial charge in [0.2, 0.25) is 17.7 Å². The molecule has 0 radical (unpaired) electrons. The van der Waals surface area contributed by atoms with Gasteiger partial charge in [-0.2, -0.15) is 5.10 Å². The Balaban J connectivity index is 0.932. The molecule has 3 fully saturated rings. The van der Waals surface area contributed by atoms with E-state index in [1.807, 2.05) is 37.9 Å². The van der Waals surface area contributed by atoms with Crippen molar-refractivity contribution in [1.82, 2.24) is 34.5 Å². The highest BCUT2D eigenvalue weighted by molar-refractivity contribution is 6.12. The van der Waals surface area contributed by atoms with Gasteiger partial charge in [-0.3, -0.25) is 29.5 Å². The minimum atomic E-state index is -0.553. The molecule has 2 amide bonds. The molecule has 14 heteroatoms. The van der Waals surface area contributed by atoms with Crippen LogP contribution in [0.5, 0.6) is 5.88 Å². The first-order chi connectivity index (χ1) is 24.1. The first-order valence-corrected chi connectivity index (χ1v) is 17.1.